The molecule has 1 saturated carbocycles. The first-order valence-electron chi connectivity index (χ1n) is 7.56. The van der Waals surface area contributed by atoms with Crippen molar-refractivity contribution in [1.29, 1.82) is 0 Å². The molecular weight excluding hydrogens is 284 g/mol. The van der Waals surface area contributed by atoms with Gasteiger partial charge in [0.1, 0.15) is 11.9 Å². The van der Waals surface area contributed by atoms with Crippen molar-refractivity contribution in [3.05, 3.63) is 36.5 Å². The molecule has 6 nitrogen and oxygen atoms in total. The smallest absolute Gasteiger partial charge is 0.227 e. The lowest BCUT2D eigenvalue weighted by Gasteiger charge is -2.40. The number of aliphatic hydroxyl groups is 1. The van der Waals surface area contributed by atoms with E-state index in [1.165, 1.54) is 6.26 Å². The number of hydrogen-bond acceptors (Lipinski definition) is 6. The Morgan fingerprint density at radius 1 is 1.00 bits per heavy atom. The van der Waals surface area contributed by atoms with Crippen molar-refractivity contribution >= 4 is 0 Å². The molecule has 0 bridgehead atoms. The molecule has 0 aromatic carbocycles. The molecule has 4 rings (SSSR count). The number of aromatic nitrogens is 2. The van der Waals surface area contributed by atoms with Crippen molar-refractivity contribution in [3.63, 3.8) is 0 Å². The number of ether oxygens (including phenoxy) is 2. The summed E-state index contributed by atoms with van der Waals surface area (Å²) in [5.74, 6) is 0.0472. The second kappa shape index (κ2) is 5.15. The van der Waals surface area contributed by atoms with Crippen LogP contribution in [0.3, 0.4) is 0 Å². The van der Waals surface area contributed by atoms with E-state index in [1.807, 2.05) is 12.1 Å². The monoisotopic (exact) mass is 302 g/mol. The zero-order chi connectivity index (χ0) is 15.0. The van der Waals surface area contributed by atoms with E-state index in [-0.39, 0.29) is 0 Å². The van der Waals surface area contributed by atoms with E-state index in [9.17, 15) is 5.11 Å². The Hall–Kier alpha value is -1.76. The molecule has 2 aromatic heterocycles. The predicted molar refractivity (Wildman–Crippen MR) is 76.7 cm³/mol. The molecule has 2 aliphatic rings. The fourth-order valence-corrected chi connectivity index (χ4v) is 3.25. The Kier molecular flexibility index (Phi) is 3.25. The average Bonchev–Trinajstić information content (AvgIpc) is 3.23. The summed E-state index contributed by atoms with van der Waals surface area (Å²) in [6, 6.07) is 3.72. The molecule has 0 unspecified atom stereocenters. The molecule has 0 amide bonds. The first kappa shape index (κ1) is 13.9. The lowest BCUT2D eigenvalue weighted by molar-refractivity contribution is -0.204. The van der Waals surface area contributed by atoms with Crippen LogP contribution in [0.4, 0.5) is 0 Å². The third-order valence-electron chi connectivity index (χ3n) is 4.57. The molecule has 1 saturated heterocycles. The third-order valence-corrected chi connectivity index (χ3v) is 4.57. The molecule has 6 heteroatoms. The second-order valence-corrected chi connectivity index (χ2v) is 5.91. The van der Waals surface area contributed by atoms with Crippen LogP contribution in [0.2, 0.25) is 0 Å². The number of pyridine rings is 1. The van der Waals surface area contributed by atoms with Gasteiger partial charge in [0, 0.05) is 19.0 Å². The van der Waals surface area contributed by atoms with E-state index in [0.29, 0.717) is 50.5 Å². The molecular formula is C16H18N2O4. The molecule has 2 fully saturated rings. The van der Waals surface area contributed by atoms with E-state index in [4.69, 9.17) is 13.9 Å². The normalized spacial score (nSPS) is 23.0. The van der Waals surface area contributed by atoms with E-state index in [1.54, 1.807) is 12.4 Å². The molecule has 0 atom stereocenters. The predicted octanol–water partition coefficient (Wildman–Crippen LogP) is 2.24. The lowest BCUT2D eigenvalue weighted by Crippen LogP contribution is -2.42. The highest BCUT2D eigenvalue weighted by Gasteiger charge is 2.46. The van der Waals surface area contributed by atoms with Crippen LogP contribution in [0.25, 0.3) is 11.5 Å². The Morgan fingerprint density at radius 3 is 2.36 bits per heavy atom. The fraction of sp³-hybridized carbons (Fsp3) is 0.500. The maximum absolute atomic E-state index is 10.9. The third kappa shape index (κ3) is 2.33. The van der Waals surface area contributed by atoms with Crippen LogP contribution < -0.4 is 0 Å². The van der Waals surface area contributed by atoms with Crippen LogP contribution in [0, 0.1) is 0 Å². The number of hydrogen-bond donors (Lipinski definition) is 1. The molecule has 116 valence electrons. The van der Waals surface area contributed by atoms with Gasteiger partial charge in [-0.05, 0) is 25.0 Å². The van der Waals surface area contributed by atoms with Gasteiger partial charge < -0.3 is 19.0 Å². The van der Waals surface area contributed by atoms with Gasteiger partial charge in [-0.1, -0.05) is 0 Å². The Morgan fingerprint density at radius 2 is 1.77 bits per heavy atom. The fourth-order valence-electron chi connectivity index (χ4n) is 3.25. The Labute approximate surface area is 128 Å². The van der Waals surface area contributed by atoms with Gasteiger partial charge in [0.2, 0.25) is 5.89 Å². The van der Waals surface area contributed by atoms with Crippen LogP contribution in [0.5, 0.6) is 0 Å². The number of nitrogens with zero attached hydrogens (tertiary/aromatic N) is 2. The van der Waals surface area contributed by atoms with Crippen LogP contribution in [0.15, 0.2) is 35.2 Å². The summed E-state index contributed by atoms with van der Waals surface area (Å²) in [4.78, 5) is 8.51. The van der Waals surface area contributed by atoms with Crippen molar-refractivity contribution in [2.45, 2.75) is 37.1 Å². The zero-order valence-electron chi connectivity index (χ0n) is 12.2. The molecule has 1 spiro atoms. The summed E-state index contributed by atoms with van der Waals surface area (Å²) in [5.41, 5.74) is 0.554. The van der Waals surface area contributed by atoms with Crippen LogP contribution >= 0.6 is 0 Å². The maximum Gasteiger partial charge on any atom is 0.227 e. The Bertz CT molecular complexity index is 623. The van der Waals surface area contributed by atoms with Gasteiger partial charge in [0.05, 0.1) is 30.7 Å². The molecule has 2 aromatic rings. The minimum Gasteiger partial charge on any atom is -0.444 e. The van der Waals surface area contributed by atoms with Gasteiger partial charge in [0.15, 0.2) is 5.79 Å². The molecule has 22 heavy (non-hydrogen) atoms. The van der Waals surface area contributed by atoms with E-state index in [2.05, 4.69) is 9.97 Å². The molecule has 1 aliphatic heterocycles. The highest BCUT2D eigenvalue weighted by Crippen LogP contribution is 2.44. The second-order valence-electron chi connectivity index (χ2n) is 5.91. The van der Waals surface area contributed by atoms with Crippen molar-refractivity contribution in [2.24, 2.45) is 0 Å². The summed E-state index contributed by atoms with van der Waals surface area (Å²) >= 11 is 0. The van der Waals surface area contributed by atoms with Gasteiger partial charge in [0.25, 0.3) is 0 Å². The zero-order valence-corrected chi connectivity index (χ0v) is 12.2. The largest absolute Gasteiger partial charge is 0.444 e. The quantitative estimate of drug-likeness (QED) is 0.916. The van der Waals surface area contributed by atoms with Gasteiger partial charge in [-0.15, -0.1) is 0 Å². The van der Waals surface area contributed by atoms with Gasteiger partial charge in [-0.3, -0.25) is 4.98 Å². The molecule has 0 radical (unpaired) electrons. The van der Waals surface area contributed by atoms with Crippen LogP contribution in [-0.4, -0.2) is 34.1 Å². The van der Waals surface area contributed by atoms with Gasteiger partial charge in [-0.2, -0.15) is 0 Å². The highest BCUT2D eigenvalue weighted by molar-refractivity contribution is 5.51. The minimum atomic E-state index is -0.921. The van der Waals surface area contributed by atoms with Crippen molar-refractivity contribution in [1.82, 2.24) is 9.97 Å². The maximum atomic E-state index is 10.9. The number of rotatable bonds is 2. The van der Waals surface area contributed by atoms with E-state index in [0.717, 1.165) is 5.56 Å². The topological polar surface area (TPSA) is 77.6 Å². The summed E-state index contributed by atoms with van der Waals surface area (Å²) in [7, 11) is 0. The van der Waals surface area contributed by atoms with Crippen LogP contribution in [-0.2, 0) is 15.1 Å². The van der Waals surface area contributed by atoms with E-state index < -0.39 is 11.4 Å². The summed E-state index contributed by atoms with van der Waals surface area (Å²) in [6.07, 6.45) is 7.35. The lowest BCUT2D eigenvalue weighted by atomic mass is 9.79. The van der Waals surface area contributed by atoms with Crippen molar-refractivity contribution < 1.29 is 19.0 Å². The number of oxazole rings is 1. The summed E-state index contributed by atoms with van der Waals surface area (Å²) in [5, 5.41) is 10.9. The first-order valence-corrected chi connectivity index (χ1v) is 7.56. The average molecular weight is 302 g/mol. The standard InChI is InChI=1S/C16H18N2O4/c19-15(3-5-16(6-4-15)21-9-10-22-16)13-2-1-12(11-18-13)14-17-7-8-20-14/h1-2,7-8,11,19H,3-6,9-10H2. The van der Waals surface area contributed by atoms with Gasteiger partial charge in [-0.25, -0.2) is 4.98 Å². The molecule has 1 N–H and O–H groups in total. The Balaban J connectivity index is 1.52. The summed E-state index contributed by atoms with van der Waals surface area (Å²) in [6.45, 7) is 1.28. The van der Waals surface area contributed by atoms with Crippen LogP contribution in [0.1, 0.15) is 31.4 Å². The first-order chi connectivity index (χ1) is 10.7. The summed E-state index contributed by atoms with van der Waals surface area (Å²) < 4.78 is 16.7. The highest BCUT2D eigenvalue weighted by atomic mass is 16.7. The van der Waals surface area contributed by atoms with E-state index >= 15 is 0 Å². The SMILES string of the molecule is OC1(c2ccc(-c3ncco3)cn2)CCC2(CC1)OCCO2. The molecule has 3 heterocycles. The molecule has 1 aliphatic carbocycles. The minimum absolute atomic E-state index is 0.482. The van der Waals surface area contributed by atoms with Gasteiger partial charge >= 0.3 is 0 Å². The van der Waals surface area contributed by atoms with Crippen molar-refractivity contribution in [2.75, 3.05) is 13.2 Å². The van der Waals surface area contributed by atoms with Crippen molar-refractivity contribution in [3.8, 4) is 11.5 Å².